The van der Waals surface area contributed by atoms with Crippen LogP contribution in [0.5, 0.6) is 0 Å². The lowest BCUT2D eigenvalue weighted by Gasteiger charge is -2.16. The van der Waals surface area contributed by atoms with Gasteiger partial charge in [0.25, 0.3) is 0 Å². The second-order valence-corrected chi connectivity index (χ2v) is 8.46. The predicted octanol–water partition coefficient (Wildman–Crippen LogP) is 4.88. The van der Waals surface area contributed by atoms with E-state index in [9.17, 15) is 9.59 Å². The molecule has 0 radical (unpaired) electrons. The fraction of sp³-hybridized carbons (Fsp3) is 0.867. The maximum absolute atomic E-state index is 11.2. The predicted molar refractivity (Wildman–Crippen MR) is 96.5 cm³/mol. The van der Waals surface area contributed by atoms with Gasteiger partial charge in [0, 0.05) is 13.1 Å². The lowest BCUT2D eigenvalue weighted by Crippen LogP contribution is -2.32. The van der Waals surface area contributed by atoms with Crippen molar-refractivity contribution in [2.75, 3.05) is 13.1 Å². The van der Waals surface area contributed by atoms with Gasteiger partial charge in [0.2, 0.25) is 11.1 Å². The van der Waals surface area contributed by atoms with Crippen molar-refractivity contribution < 1.29 is 9.59 Å². The van der Waals surface area contributed by atoms with Gasteiger partial charge in [-0.3, -0.25) is 9.59 Å². The number of hydrogen-bond donors (Lipinski definition) is 0. The van der Waals surface area contributed by atoms with E-state index in [1.165, 1.54) is 44.9 Å². The van der Waals surface area contributed by atoms with Crippen LogP contribution in [0.1, 0.15) is 58.8 Å². The van der Waals surface area contributed by atoms with Gasteiger partial charge in [-0.1, -0.05) is 64.0 Å². The smallest absolute Gasteiger partial charge is 0.236 e. The Labute approximate surface area is 150 Å². The summed E-state index contributed by atoms with van der Waals surface area (Å²) in [6.07, 6.45) is 9.84. The minimum Gasteiger partial charge on any atom is -0.342 e. The number of likely N-dealkylation sites (tertiary alicyclic amines) is 1. The average molecular weight is 448 g/mol. The first-order valence-corrected chi connectivity index (χ1v) is 9.83. The van der Waals surface area contributed by atoms with E-state index < -0.39 is 0 Å². The van der Waals surface area contributed by atoms with Gasteiger partial charge in [-0.25, -0.2) is 0 Å². The molecule has 1 aliphatic carbocycles. The molecule has 0 N–H and O–H groups in total. The molecule has 2 rings (SSSR count). The third-order valence-corrected chi connectivity index (χ3v) is 4.72. The summed E-state index contributed by atoms with van der Waals surface area (Å²) in [6.45, 7) is 5.46. The first-order valence-electron chi connectivity index (χ1n) is 7.62. The van der Waals surface area contributed by atoms with Gasteiger partial charge in [-0.15, -0.1) is 0 Å². The van der Waals surface area contributed by atoms with Crippen molar-refractivity contribution in [1.29, 1.82) is 0 Å². The molecule has 0 bridgehead atoms. The Morgan fingerprint density at radius 1 is 0.857 bits per heavy atom. The van der Waals surface area contributed by atoms with E-state index >= 15 is 0 Å². The Morgan fingerprint density at radius 3 is 1.43 bits per heavy atom. The van der Waals surface area contributed by atoms with Crippen LogP contribution < -0.4 is 0 Å². The van der Waals surface area contributed by atoms with Crippen molar-refractivity contribution >= 4 is 54.6 Å². The monoisotopic (exact) mass is 445 g/mol. The Kier molecular flexibility index (Phi) is 13.1. The molecule has 6 heteroatoms. The second kappa shape index (κ2) is 12.9. The van der Waals surface area contributed by atoms with Gasteiger partial charge in [0.05, 0.1) is 9.65 Å². The largest absolute Gasteiger partial charge is 0.342 e. The minimum atomic E-state index is -0.352. The molecule has 1 saturated carbocycles. The number of carbonyl (C=O) groups is 2. The van der Waals surface area contributed by atoms with E-state index in [1.54, 1.807) is 6.92 Å². The fourth-order valence-electron chi connectivity index (χ4n) is 2.07. The van der Waals surface area contributed by atoms with Gasteiger partial charge in [-0.2, -0.15) is 0 Å². The van der Waals surface area contributed by atoms with Crippen molar-refractivity contribution in [3.8, 4) is 0 Å². The Balaban J connectivity index is 0.000000311. The van der Waals surface area contributed by atoms with E-state index in [2.05, 4.69) is 31.9 Å². The number of amides is 1. The molecule has 124 valence electrons. The maximum Gasteiger partial charge on any atom is 0.236 e. The van der Waals surface area contributed by atoms with Gasteiger partial charge in [0.1, 0.15) is 0 Å². The molecule has 2 aliphatic rings. The number of halogens is 3. The highest BCUT2D eigenvalue weighted by Crippen LogP contribution is 2.15. The zero-order valence-corrected chi connectivity index (χ0v) is 16.8. The van der Waals surface area contributed by atoms with Crippen molar-refractivity contribution in [3.63, 3.8) is 0 Å². The molecule has 0 aromatic carbocycles. The minimum absolute atomic E-state index is 0.00870. The average Bonchev–Trinajstić information content (AvgIpc) is 3.14. The van der Waals surface area contributed by atoms with Gasteiger partial charge in [-0.05, 0) is 38.3 Å². The number of carbonyl (C=O) groups excluding carboxylic acids is 2. The van der Waals surface area contributed by atoms with Crippen LogP contribution in [0.3, 0.4) is 0 Å². The summed E-state index contributed by atoms with van der Waals surface area (Å²) in [5, 5.41) is -0.352. The Hall–Kier alpha value is 0.390. The first kappa shape index (κ1) is 21.4. The quantitative estimate of drug-likeness (QED) is 0.447. The molecule has 0 spiro atoms. The summed E-state index contributed by atoms with van der Waals surface area (Å²) in [4.78, 5) is 22.8. The molecule has 21 heavy (non-hydrogen) atoms. The molecule has 2 atom stereocenters. The molecule has 0 aromatic heterocycles. The molecule has 0 aromatic rings. The Morgan fingerprint density at radius 2 is 1.19 bits per heavy atom. The highest BCUT2D eigenvalue weighted by Gasteiger charge is 2.20. The van der Waals surface area contributed by atoms with Crippen LogP contribution in [0.2, 0.25) is 0 Å². The highest BCUT2D eigenvalue weighted by molar-refractivity contribution is 9.10. The third-order valence-electron chi connectivity index (χ3n) is 3.32. The maximum atomic E-state index is 11.2. The summed E-state index contributed by atoms with van der Waals surface area (Å²) >= 11 is 11.1. The molecule has 1 aliphatic heterocycles. The summed E-state index contributed by atoms with van der Waals surface area (Å²) in [5.74, 6) is 0.234. The zero-order chi connectivity index (χ0) is 16.3. The molecular weight excluding hydrogens is 421 g/mol. The SMILES string of the molecule is C1CCCC1.CC(Br)C(=O)Cl.CC(Br)C(=O)N1CCCC1. The van der Waals surface area contributed by atoms with Gasteiger partial charge < -0.3 is 4.90 Å². The molecular formula is C15H26Br2ClNO2. The molecule has 1 saturated heterocycles. The second-order valence-electron chi connectivity index (χ2n) is 5.34. The zero-order valence-electron chi connectivity index (χ0n) is 12.9. The van der Waals surface area contributed by atoms with Crippen LogP contribution in [0.25, 0.3) is 0 Å². The number of alkyl halides is 2. The van der Waals surface area contributed by atoms with Crippen LogP contribution in [0.4, 0.5) is 0 Å². The van der Waals surface area contributed by atoms with Gasteiger partial charge in [0.15, 0.2) is 0 Å². The summed E-state index contributed by atoms with van der Waals surface area (Å²) < 4.78 is 0. The lowest BCUT2D eigenvalue weighted by molar-refractivity contribution is -0.129. The fourth-order valence-corrected chi connectivity index (χ4v) is 2.36. The van der Waals surface area contributed by atoms with Crippen LogP contribution in [-0.2, 0) is 9.59 Å². The van der Waals surface area contributed by atoms with Crippen LogP contribution in [0, 0.1) is 0 Å². The lowest BCUT2D eigenvalue weighted by atomic mass is 10.4. The van der Waals surface area contributed by atoms with E-state index in [1.807, 2.05) is 11.8 Å². The third kappa shape index (κ3) is 11.6. The van der Waals surface area contributed by atoms with Crippen molar-refractivity contribution in [3.05, 3.63) is 0 Å². The topological polar surface area (TPSA) is 37.4 Å². The molecule has 1 heterocycles. The van der Waals surface area contributed by atoms with Crippen molar-refractivity contribution in [1.82, 2.24) is 4.90 Å². The van der Waals surface area contributed by atoms with E-state index in [0.717, 1.165) is 13.1 Å². The molecule has 3 nitrogen and oxygen atoms in total. The van der Waals surface area contributed by atoms with Gasteiger partial charge >= 0.3 is 0 Å². The molecule has 2 unspecified atom stereocenters. The number of hydrogen-bond acceptors (Lipinski definition) is 2. The summed E-state index contributed by atoms with van der Waals surface area (Å²) in [5.41, 5.74) is 0. The van der Waals surface area contributed by atoms with Crippen LogP contribution >= 0.6 is 43.5 Å². The van der Waals surface area contributed by atoms with Crippen molar-refractivity contribution in [2.24, 2.45) is 0 Å². The number of nitrogens with zero attached hydrogens (tertiary/aromatic N) is 1. The summed E-state index contributed by atoms with van der Waals surface area (Å²) in [6, 6.07) is 0. The summed E-state index contributed by atoms with van der Waals surface area (Å²) in [7, 11) is 0. The molecule has 1 amide bonds. The first-order chi connectivity index (χ1) is 9.86. The highest BCUT2D eigenvalue weighted by atomic mass is 79.9. The number of rotatable bonds is 2. The normalized spacial score (nSPS) is 19.8. The van der Waals surface area contributed by atoms with E-state index in [0.29, 0.717) is 0 Å². The van der Waals surface area contributed by atoms with E-state index in [-0.39, 0.29) is 20.8 Å². The van der Waals surface area contributed by atoms with Crippen molar-refractivity contribution in [2.45, 2.75) is 68.4 Å². The molecule has 2 fully saturated rings. The van der Waals surface area contributed by atoms with Crippen LogP contribution in [-0.4, -0.2) is 38.8 Å². The standard InChI is InChI=1S/C7H12BrNO.C5H10.C3H4BrClO/c1-6(8)7(10)9-4-2-3-5-9;1-2-4-5-3-1;1-2(4)3(5)6/h6H,2-5H2,1H3;1-5H2;2H,1H3. The Bertz CT molecular complexity index is 294. The van der Waals surface area contributed by atoms with Crippen LogP contribution in [0.15, 0.2) is 0 Å². The van der Waals surface area contributed by atoms with E-state index in [4.69, 9.17) is 11.6 Å².